The maximum absolute atomic E-state index is 12.1. The van der Waals surface area contributed by atoms with Crippen LogP contribution < -0.4 is 4.90 Å². The second-order valence-corrected chi connectivity index (χ2v) is 7.81. The molecule has 1 heterocycles. The van der Waals surface area contributed by atoms with E-state index in [0.29, 0.717) is 11.5 Å². The number of rotatable bonds is 3. The first-order valence-electron chi connectivity index (χ1n) is 9.57. The van der Waals surface area contributed by atoms with Crippen molar-refractivity contribution in [2.24, 2.45) is 5.92 Å². The van der Waals surface area contributed by atoms with E-state index in [2.05, 4.69) is 42.2 Å². The van der Waals surface area contributed by atoms with Gasteiger partial charge in [0.25, 0.3) is 0 Å². The highest BCUT2D eigenvalue weighted by molar-refractivity contribution is 6.05. The number of nitrogens with zero attached hydrogens (tertiary/aromatic N) is 2. The number of aromatic carboxylic acids is 1. The third-order valence-corrected chi connectivity index (χ3v) is 5.38. The Labute approximate surface area is 165 Å². The predicted molar refractivity (Wildman–Crippen MR) is 115 cm³/mol. The van der Waals surface area contributed by atoms with Crippen molar-refractivity contribution >= 4 is 34.2 Å². The normalized spacial score (nSPS) is 17.5. The van der Waals surface area contributed by atoms with Gasteiger partial charge < -0.3 is 10.0 Å². The number of pyridine rings is 1. The minimum atomic E-state index is -0.876. The molecule has 0 saturated carbocycles. The smallest absolute Gasteiger partial charge is 0.336 e. The molecule has 1 atom stereocenters. The molecule has 1 aliphatic carbocycles. The SMILES string of the molecule is C[C@H]1C/C(=C\c2ccc(N(C)C)cc2)c2nc3ccccc3c(C(=O)O)c2C1. The van der Waals surface area contributed by atoms with Gasteiger partial charge in [0.1, 0.15) is 0 Å². The van der Waals surface area contributed by atoms with Crippen molar-refractivity contribution in [2.75, 3.05) is 19.0 Å². The summed E-state index contributed by atoms with van der Waals surface area (Å²) < 4.78 is 0. The molecule has 0 bridgehead atoms. The molecule has 0 radical (unpaired) electrons. The van der Waals surface area contributed by atoms with Crippen molar-refractivity contribution in [1.29, 1.82) is 0 Å². The van der Waals surface area contributed by atoms with Gasteiger partial charge in [0.2, 0.25) is 0 Å². The summed E-state index contributed by atoms with van der Waals surface area (Å²) in [4.78, 5) is 19.1. The number of carboxylic acids is 1. The lowest BCUT2D eigenvalue weighted by Crippen LogP contribution is -2.17. The van der Waals surface area contributed by atoms with Crippen LogP contribution in [0.4, 0.5) is 5.69 Å². The van der Waals surface area contributed by atoms with E-state index < -0.39 is 5.97 Å². The summed E-state index contributed by atoms with van der Waals surface area (Å²) in [5.41, 5.74) is 6.21. The van der Waals surface area contributed by atoms with Crippen molar-refractivity contribution in [3.05, 3.63) is 70.9 Å². The number of hydrogen-bond donors (Lipinski definition) is 1. The molecule has 0 spiro atoms. The van der Waals surface area contributed by atoms with Crippen LogP contribution in [-0.4, -0.2) is 30.2 Å². The maximum atomic E-state index is 12.1. The van der Waals surface area contributed by atoms with E-state index in [4.69, 9.17) is 4.98 Å². The monoisotopic (exact) mass is 372 g/mol. The van der Waals surface area contributed by atoms with Gasteiger partial charge in [-0.15, -0.1) is 0 Å². The highest BCUT2D eigenvalue weighted by Crippen LogP contribution is 2.38. The Hall–Kier alpha value is -3.14. The van der Waals surface area contributed by atoms with Gasteiger partial charge in [0.05, 0.1) is 16.8 Å². The van der Waals surface area contributed by atoms with Crippen molar-refractivity contribution in [2.45, 2.75) is 19.8 Å². The van der Waals surface area contributed by atoms with E-state index in [-0.39, 0.29) is 0 Å². The molecule has 0 saturated heterocycles. The molecule has 3 aromatic rings. The van der Waals surface area contributed by atoms with Crippen molar-refractivity contribution in [3.8, 4) is 0 Å². The van der Waals surface area contributed by atoms with Crippen LogP contribution in [0.15, 0.2) is 48.5 Å². The van der Waals surface area contributed by atoms with Gasteiger partial charge in [0, 0.05) is 25.2 Å². The van der Waals surface area contributed by atoms with Gasteiger partial charge in [-0.05, 0) is 59.7 Å². The Morgan fingerprint density at radius 1 is 1.11 bits per heavy atom. The Kier molecular flexibility index (Phi) is 4.63. The lowest BCUT2D eigenvalue weighted by Gasteiger charge is -2.26. The lowest BCUT2D eigenvalue weighted by molar-refractivity contribution is 0.0697. The molecule has 1 aromatic heterocycles. The number of anilines is 1. The summed E-state index contributed by atoms with van der Waals surface area (Å²) in [6, 6.07) is 15.9. The third kappa shape index (κ3) is 3.26. The quantitative estimate of drug-likeness (QED) is 0.693. The van der Waals surface area contributed by atoms with Crippen LogP contribution in [0.1, 0.15) is 40.5 Å². The molecule has 1 aliphatic rings. The molecule has 142 valence electrons. The van der Waals surface area contributed by atoms with Crippen molar-refractivity contribution in [3.63, 3.8) is 0 Å². The second-order valence-electron chi connectivity index (χ2n) is 7.81. The predicted octanol–water partition coefficient (Wildman–Crippen LogP) is 5.12. The number of carbonyl (C=O) groups is 1. The molecular weight excluding hydrogens is 348 g/mol. The van der Waals surface area contributed by atoms with Gasteiger partial charge in [-0.1, -0.05) is 37.3 Å². The molecule has 0 amide bonds. The van der Waals surface area contributed by atoms with Gasteiger partial charge >= 0.3 is 5.97 Å². The number of aromatic nitrogens is 1. The van der Waals surface area contributed by atoms with Crippen LogP contribution >= 0.6 is 0 Å². The van der Waals surface area contributed by atoms with E-state index in [1.807, 2.05) is 38.4 Å². The Morgan fingerprint density at radius 2 is 1.82 bits per heavy atom. The number of carboxylic acid groups (broad SMARTS) is 1. The van der Waals surface area contributed by atoms with Crippen LogP contribution in [0, 0.1) is 5.92 Å². The molecule has 0 fully saturated rings. The van der Waals surface area contributed by atoms with Crippen LogP contribution in [0.25, 0.3) is 22.6 Å². The van der Waals surface area contributed by atoms with Crippen LogP contribution in [0.3, 0.4) is 0 Å². The largest absolute Gasteiger partial charge is 0.478 e. The number of benzene rings is 2. The van der Waals surface area contributed by atoms with Crippen LogP contribution in [-0.2, 0) is 6.42 Å². The van der Waals surface area contributed by atoms with Crippen molar-refractivity contribution in [1.82, 2.24) is 4.98 Å². The molecule has 0 aliphatic heterocycles. The van der Waals surface area contributed by atoms with Crippen LogP contribution in [0.5, 0.6) is 0 Å². The zero-order valence-corrected chi connectivity index (χ0v) is 16.4. The number of allylic oxidation sites excluding steroid dienone is 1. The van der Waals surface area contributed by atoms with E-state index in [1.54, 1.807) is 0 Å². The minimum absolute atomic E-state index is 0.376. The van der Waals surface area contributed by atoms with E-state index in [0.717, 1.165) is 51.8 Å². The Balaban J connectivity index is 1.90. The molecule has 4 rings (SSSR count). The Morgan fingerprint density at radius 3 is 2.50 bits per heavy atom. The second kappa shape index (κ2) is 7.12. The number of hydrogen-bond acceptors (Lipinski definition) is 3. The summed E-state index contributed by atoms with van der Waals surface area (Å²) in [6.45, 7) is 2.17. The number of para-hydroxylation sites is 1. The zero-order valence-electron chi connectivity index (χ0n) is 16.4. The first-order valence-corrected chi connectivity index (χ1v) is 9.57. The fourth-order valence-electron chi connectivity index (χ4n) is 4.05. The summed E-state index contributed by atoms with van der Waals surface area (Å²) in [6.07, 6.45) is 3.79. The van der Waals surface area contributed by atoms with Crippen LogP contribution in [0.2, 0.25) is 0 Å². The molecule has 1 N–H and O–H groups in total. The summed E-state index contributed by atoms with van der Waals surface area (Å²) in [7, 11) is 4.05. The third-order valence-electron chi connectivity index (χ3n) is 5.38. The average molecular weight is 372 g/mol. The lowest BCUT2D eigenvalue weighted by atomic mass is 9.80. The molecular formula is C24H24N2O2. The van der Waals surface area contributed by atoms with E-state index in [9.17, 15) is 9.90 Å². The Bertz CT molecular complexity index is 1080. The standard InChI is InChI=1S/C24H24N2O2/c1-15-12-17(14-16-8-10-18(11-9-16)26(2)3)23-20(13-15)22(24(27)28)19-6-4-5-7-21(19)25-23/h4-11,14-15H,12-13H2,1-3H3,(H,27,28)/b17-14+/t15-/m0/s1. The fourth-order valence-corrected chi connectivity index (χ4v) is 4.05. The molecule has 2 aromatic carbocycles. The first-order chi connectivity index (χ1) is 13.4. The summed E-state index contributed by atoms with van der Waals surface area (Å²) in [5, 5.41) is 10.7. The summed E-state index contributed by atoms with van der Waals surface area (Å²) >= 11 is 0. The fraction of sp³-hybridized carbons (Fsp3) is 0.250. The minimum Gasteiger partial charge on any atom is -0.478 e. The molecule has 0 unspecified atom stereocenters. The van der Waals surface area contributed by atoms with E-state index >= 15 is 0 Å². The van der Waals surface area contributed by atoms with Gasteiger partial charge in [-0.2, -0.15) is 0 Å². The molecule has 4 heteroatoms. The first kappa shape index (κ1) is 18.2. The van der Waals surface area contributed by atoms with Gasteiger partial charge in [-0.25, -0.2) is 9.78 Å². The molecule has 4 nitrogen and oxygen atoms in total. The summed E-state index contributed by atoms with van der Waals surface area (Å²) in [5.74, 6) is -0.500. The number of fused-ring (bicyclic) bond motifs is 2. The van der Waals surface area contributed by atoms with Gasteiger partial charge in [-0.3, -0.25) is 0 Å². The topological polar surface area (TPSA) is 53.4 Å². The van der Waals surface area contributed by atoms with Gasteiger partial charge in [0.15, 0.2) is 0 Å². The zero-order chi connectivity index (χ0) is 19.8. The van der Waals surface area contributed by atoms with Crippen molar-refractivity contribution < 1.29 is 9.90 Å². The highest BCUT2D eigenvalue weighted by Gasteiger charge is 2.27. The average Bonchev–Trinajstić information content (AvgIpc) is 2.66. The maximum Gasteiger partial charge on any atom is 0.336 e. The van der Waals surface area contributed by atoms with E-state index in [1.165, 1.54) is 0 Å². The molecule has 28 heavy (non-hydrogen) atoms. The highest BCUT2D eigenvalue weighted by atomic mass is 16.4.